The summed E-state index contributed by atoms with van der Waals surface area (Å²) in [4.78, 5) is 44.2. The van der Waals surface area contributed by atoms with E-state index in [-0.39, 0.29) is 48.6 Å². The average molecular weight is 562 g/mol. The number of aliphatic imine (C=N–C) groups is 1. The number of primary amides is 1. The normalized spacial score (nSPS) is 24.0. The Morgan fingerprint density at radius 3 is 2.44 bits per heavy atom. The van der Waals surface area contributed by atoms with Crippen molar-refractivity contribution in [3.05, 3.63) is 70.0 Å². The van der Waals surface area contributed by atoms with E-state index in [1.54, 1.807) is 25.1 Å². The molecule has 0 radical (unpaired) electrons. The average Bonchev–Trinajstić information content (AvgIpc) is 2.91. The van der Waals surface area contributed by atoms with Crippen molar-refractivity contribution in [3.8, 4) is 5.75 Å². The van der Waals surface area contributed by atoms with Crippen LogP contribution in [0.5, 0.6) is 5.75 Å². The molecular formula is C29H31N5O7. The smallest absolute Gasteiger partial charge is 0.255 e. The van der Waals surface area contributed by atoms with Crippen LogP contribution in [0.25, 0.3) is 5.76 Å². The number of anilines is 2. The quantitative estimate of drug-likeness (QED) is 0.121. The van der Waals surface area contributed by atoms with Crippen LogP contribution in [0.15, 0.2) is 58.3 Å². The van der Waals surface area contributed by atoms with Gasteiger partial charge in [0.2, 0.25) is 5.78 Å². The van der Waals surface area contributed by atoms with E-state index in [4.69, 9.17) is 11.5 Å². The summed E-state index contributed by atoms with van der Waals surface area (Å²) >= 11 is 0. The number of fused-ring (bicyclic) bond motifs is 3. The maximum atomic E-state index is 13.8. The van der Waals surface area contributed by atoms with E-state index < -0.39 is 57.8 Å². The monoisotopic (exact) mass is 561 g/mol. The van der Waals surface area contributed by atoms with Gasteiger partial charge in [-0.1, -0.05) is 30.3 Å². The maximum absolute atomic E-state index is 13.8. The fourth-order valence-corrected chi connectivity index (χ4v) is 6.10. The number of aromatic hydroxyl groups is 1. The standard InChI is InChI=1S/C29H31N5O7/c1-34(2)18-11-17(33-28(31)32-12-13-6-4-3-5-7-13)23(36)21-16(18)9-14-8-15-10-19(35)22(27(30)40)26(39)29(15,41)25(38)20(14)24(21)37/h3-7,11,14-15,36-37,39,41H,8-10,12H2,1-2H3,(H2,30,40)(H3,31,32,33). The number of amides is 1. The van der Waals surface area contributed by atoms with Crippen LogP contribution in [0.4, 0.5) is 11.4 Å². The number of ketones is 2. The number of nitrogens with zero attached hydrogens (tertiary/aromatic N) is 2. The van der Waals surface area contributed by atoms with Crippen LogP contribution in [0, 0.1) is 11.8 Å². The highest BCUT2D eigenvalue weighted by Gasteiger charge is 2.60. The first-order valence-corrected chi connectivity index (χ1v) is 13.0. The van der Waals surface area contributed by atoms with Crippen LogP contribution in [0.1, 0.15) is 29.5 Å². The predicted molar refractivity (Wildman–Crippen MR) is 151 cm³/mol. The molecular weight excluding hydrogens is 530 g/mol. The van der Waals surface area contributed by atoms with Crippen LogP contribution in [-0.2, 0) is 27.3 Å². The van der Waals surface area contributed by atoms with Crippen molar-refractivity contribution < 1.29 is 34.8 Å². The molecule has 12 nitrogen and oxygen atoms in total. The number of hydrogen-bond acceptors (Lipinski definition) is 9. The Morgan fingerprint density at radius 2 is 1.80 bits per heavy atom. The second-order valence-corrected chi connectivity index (χ2v) is 10.8. The van der Waals surface area contributed by atoms with Gasteiger partial charge in [-0.3, -0.25) is 14.4 Å². The zero-order chi connectivity index (χ0) is 29.8. The Morgan fingerprint density at radius 1 is 1.12 bits per heavy atom. The Kier molecular flexibility index (Phi) is 6.74. The number of Topliss-reactive ketones (excluding diaryl/α,β-unsaturated/α-hetero) is 2. The molecule has 3 aliphatic carbocycles. The maximum Gasteiger partial charge on any atom is 0.255 e. The van der Waals surface area contributed by atoms with Crippen molar-refractivity contribution in [3.63, 3.8) is 0 Å². The number of aliphatic hydroxyl groups excluding tert-OH is 2. The number of rotatable bonds is 5. The number of phenols is 1. The molecule has 5 rings (SSSR count). The summed E-state index contributed by atoms with van der Waals surface area (Å²) < 4.78 is 0. The first-order chi connectivity index (χ1) is 19.4. The van der Waals surface area contributed by atoms with E-state index in [9.17, 15) is 34.8 Å². The minimum Gasteiger partial charge on any atom is -0.508 e. The van der Waals surface area contributed by atoms with Gasteiger partial charge in [0.05, 0.1) is 17.8 Å². The highest BCUT2D eigenvalue weighted by molar-refractivity contribution is 6.22. The highest BCUT2D eigenvalue weighted by Crippen LogP contribution is 2.54. The molecule has 0 saturated heterocycles. The molecule has 2 aromatic carbocycles. The van der Waals surface area contributed by atoms with E-state index >= 15 is 0 Å². The molecule has 2 aromatic rings. The molecule has 214 valence electrons. The molecule has 1 fully saturated rings. The van der Waals surface area contributed by atoms with Gasteiger partial charge in [-0.15, -0.1) is 0 Å². The van der Waals surface area contributed by atoms with Gasteiger partial charge < -0.3 is 42.1 Å². The topological polar surface area (TPSA) is 212 Å². The number of benzene rings is 2. The molecule has 41 heavy (non-hydrogen) atoms. The van der Waals surface area contributed by atoms with Gasteiger partial charge in [-0.05, 0) is 36.0 Å². The van der Waals surface area contributed by atoms with Gasteiger partial charge in [0.1, 0.15) is 22.8 Å². The van der Waals surface area contributed by atoms with E-state index in [2.05, 4.69) is 10.3 Å². The summed E-state index contributed by atoms with van der Waals surface area (Å²) in [5.74, 6) is -6.85. The third-order valence-corrected chi connectivity index (χ3v) is 8.06. The second-order valence-electron chi connectivity index (χ2n) is 10.8. The number of nitrogens with one attached hydrogen (secondary N) is 1. The van der Waals surface area contributed by atoms with Crippen molar-refractivity contribution in [2.45, 2.75) is 31.4 Å². The van der Waals surface area contributed by atoms with Gasteiger partial charge in [0.25, 0.3) is 5.91 Å². The van der Waals surface area contributed by atoms with Crippen LogP contribution in [0.2, 0.25) is 0 Å². The molecule has 0 bridgehead atoms. The first kappa shape index (κ1) is 27.7. The number of hydrogen-bond donors (Lipinski definition) is 7. The minimum absolute atomic E-state index is 0.00134. The van der Waals surface area contributed by atoms with Crippen molar-refractivity contribution in [2.24, 2.45) is 28.3 Å². The van der Waals surface area contributed by atoms with E-state index in [1.807, 2.05) is 30.3 Å². The molecule has 3 unspecified atom stereocenters. The summed E-state index contributed by atoms with van der Waals surface area (Å²) in [6.45, 7) is 0.282. The van der Waals surface area contributed by atoms with Gasteiger partial charge in [-0.2, -0.15) is 0 Å². The van der Waals surface area contributed by atoms with E-state index in [0.717, 1.165) is 5.56 Å². The summed E-state index contributed by atoms with van der Waals surface area (Å²) in [5, 5.41) is 47.8. The van der Waals surface area contributed by atoms with Crippen LogP contribution < -0.4 is 21.7 Å². The van der Waals surface area contributed by atoms with Gasteiger partial charge in [-0.25, -0.2) is 4.99 Å². The molecule has 0 aromatic heterocycles. The van der Waals surface area contributed by atoms with Crippen molar-refractivity contribution >= 4 is 40.6 Å². The highest BCUT2D eigenvalue weighted by atomic mass is 16.3. The second kappa shape index (κ2) is 9.97. The summed E-state index contributed by atoms with van der Waals surface area (Å²) in [6.07, 6.45) is -0.138. The molecule has 12 heteroatoms. The lowest BCUT2D eigenvalue weighted by atomic mass is 9.59. The van der Waals surface area contributed by atoms with E-state index in [1.165, 1.54) is 0 Å². The Balaban J connectivity index is 1.60. The van der Waals surface area contributed by atoms with Crippen molar-refractivity contribution in [2.75, 3.05) is 24.3 Å². The summed E-state index contributed by atoms with van der Waals surface area (Å²) in [7, 11) is 3.55. The van der Waals surface area contributed by atoms with Crippen LogP contribution in [-0.4, -0.2) is 63.6 Å². The number of nitrogens with two attached hydrogens (primary N) is 2. The summed E-state index contributed by atoms with van der Waals surface area (Å²) in [5.41, 5.74) is 9.83. The van der Waals surface area contributed by atoms with Crippen LogP contribution >= 0.6 is 0 Å². The molecule has 3 atom stereocenters. The largest absolute Gasteiger partial charge is 0.508 e. The van der Waals surface area contributed by atoms with Crippen molar-refractivity contribution in [1.29, 1.82) is 0 Å². The van der Waals surface area contributed by atoms with Gasteiger partial charge >= 0.3 is 0 Å². The Bertz CT molecular complexity index is 1580. The predicted octanol–water partition coefficient (Wildman–Crippen LogP) is 1.42. The number of phenolic OH excluding ortho intramolecular Hbond substituents is 1. The number of aliphatic hydroxyl groups is 3. The molecule has 0 heterocycles. The molecule has 1 saturated carbocycles. The first-order valence-electron chi connectivity index (χ1n) is 13.0. The fraction of sp³-hybridized carbons (Fsp3) is 0.310. The SMILES string of the molecule is CN(C)c1cc(NC(N)=NCc2ccccc2)c(O)c2c1CC1CC3CC(=O)C(C(N)=O)=C(O)C3(O)C(=O)C1=C2O. The Labute approximate surface area is 235 Å². The van der Waals surface area contributed by atoms with Crippen molar-refractivity contribution in [1.82, 2.24) is 0 Å². The molecule has 1 amide bonds. The minimum atomic E-state index is -2.63. The zero-order valence-electron chi connectivity index (χ0n) is 22.5. The van der Waals surface area contributed by atoms with Gasteiger partial charge in [0.15, 0.2) is 17.3 Å². The van der Waals surface area contributed by atoms with Gasteiger partial charge in [0, 0.05) is 37.7 Å². The fourth-order valence-electron chi connectivity index (χ4n) is 6.10. The lowest BCUT2D eigenvalue weighted by Crippen LogP contribution is -2.58. The molecule has 9 N–H and O–H groups in total. The number of carbonyl (C=O) groups excluding carboxylic acids is 3. The number of guanidine groups is 1. The number of carbonyl (C=O) groups is 3. The van der Waals surface area contributed by atoms with E-state index in [0.29, 0.717) is 11.3 Å². The molecule has 0 aliphatic heterocycles. The third-order valence-electron chi connectivity index (χ3n) is 8.06. The molecule has 0 spiro atoms. The summed E-state index contributed by atoms with van der Waals surface area (Å²) in [6, 6.07) is 11.1. The third kappa shape index (κ3) is 4.36. The molecule has 3 aliphatic rings. The Hall–Kier alpha value is -4.84. The lowest BCUT2D eigenvalue weighted by molar-refractivity contribution is -0.147. The zero-order valence-corrected chi connectivity index (χ0v) is 22.5. The van der Waals surface area contributed by atoms with Crippen LogP contribution in [0.3, 0.4) is 0 Å². The lowest BCUT2D eigenvalue weighted by Gasteiger charge is -2.46.